The molecule has 0 spiro atoms. The third kappa shape index (κ3) is 4.36. The third-order valence-corrected chi connectivity index (χ3v) is 6.05. The first-order chi connectivity index (χ1) is 14.6. The molecule has 2 aromatic rings. The molecule has 0 radical (unpaired) electrons. The molecule has 6 nitrogen and oxygen atoms in total. The van der Waals surface area contributed by atoms with Gasteiger partial charge in [0.1, 0.15) is 17.6 Å². The summed E-state index contributed by atoms with van der Waals surface area (Å²) in [6.45, 7) is 3.29. The van der Waals surface area contributed by atoms with E-state index in [1.54, 1.807) is 12.1 Å². The largest absolute Gasteiger partial charge is 0.490 e. The van der Waals surface area contributed by atoms with Gasteiger partial charge in [0.2, 0.25) is 34.8 Å². The summed E-state index contributed by atoms with van der Waals surface area (Å²) in [5, 5.41) is -0.351. The lowest BCUT2D eigenvalue weighted by atomic mass is 10.0. The summed E-state index contributed by atoms with van der Waals surface area (Å²) in [7, 11) is -3.49. The average molecular weight is 465 g/mol. The highest BCUT2D eigenvalue weighted by molar-refractivity contribution is 7.87. The Kier molecular flexibility index (Phi) is 6.53. The standard InChI is InChI=1S/C19H16F5NO5S/c1-3-8-28-11-6-4-10(5-7-11)18-12(9-29-25(18)2)31(26,27)30-19-16(23)14(21)13(20)15(22)17(19)24/h3-7,12,18H,1,8-9H2,2H3/t12-,18+/m1/s1. The Morgan fingerprint density at radius 3 is 2.16 bits per heavy atom. The number of hydrogen-bond acceptors (Lipinski definition) is 6. The van der Waals surface area contributed by atoms with Crippen LogP contribution in [0.5, 0.6) is 11.5 Å². The zero-order valence-corrected chi connectivity index (χ0v) is 16.8. The minimum Gasteiger partial charge on any atom is -0.490 e. The minimum absolute atomic E-state index is 0.249. The number of nitrogens with zero attached hydrogens (tertiary/aromatic N) is 1. The van der Waals surface area contributed by atoms with Crippen molar-refractivity contribution in [3.63, 3.8) is 0 Å². The summed E-state index contributed by atoms with van der Waals surface area (Å²) in [6, 6.07) is 5.18. The van der Waals surface area contributed by atoms with Gasteiger partial charge in [-0.15, -0.1) is 0 Å². The monoisotopic (exact) mass is 465 g/mol. The topological polar surface area (TPSA) is 65.1 Å². The van der Waals surface area contributed by atoms with Gasteiger partial charge in [-0.2, -0.15) is 22.3 Å². The number of rotatable bonds is 7. The molecular weight excluding hydrogens is 449 g/mol. The van der Waals surface area contributed by atoms with Gasteiger partial charge in [-0.25, -0.2) is 13.2 Å². The molecule has 0 aliphatic carbocycles. The van der Waals surface area contributed by atoms with E-state index in [0.29, 0.717) is 11.3 Å². The molecule has 1 aliphatic rings. The first-order valence-electron chi connectivity index (χ1n) is 8.72. The Hall–Kier alpha value is -2.70. The van der Waals surface area contributed by atoms with E-state index in [1.165, 1.54) is 30.3 Å². The lowest BCUT2D eigenvalue weighted by molar-refractivity contribution is -0.110. The second-order valence-corrected chi connectivity index (χ2v) is 8.23. The smallest absolute Gasteiger partial charge is 0.316 e. The fourth-order valence-electron chi connectivity index (χ4n) is 3.01. The van der Waals surface area contributed by atoms with Gasteiger partial charge in [-0.3, -0.25) is 4.84 Å². The van der Waals surface area contributed by atoms with E-state index in [1.807, 2.05) is 0 Å². The molecule has 0 aromatic heterocycles. The molecule has 0 amide bonds. The first-order valence-corrected chi connectivity index (χ1v) is 10.2. The zero-order chi connectivity index (χ0) is 22.9. The van der Waals surface area contributed by atoms with Crippen LogP contribution in [-0.2, 0) is 15.0 Å². The van der Waals surface area contributed by atoms with Crippen LogP contribution < -0.4 is 8.92 Å². The van der Waals surface area contributed by atoms with Crippen LogP contribution in [0.4, 0.5) is 22.0 Å². The zero-order valence-electron chi connectivity index (χ0n) is 15.9. The van der Waals surface area contributed by atoms with Crippen LogP contribution in [0, 0.1) is 29.1 Å². The van der Waals surface area contributed by atoms with Crippen molar-refractivity contribution in [1.82, 2.24) is 5.06 Å². The number of ether oxygens (including phenoxy) is 1. The van der Waals surface area contributed by atoms with Crippen molar-refractivity contribution in [2.45, 2.75) is 11.3 Å². The van der Waals surface area contributed by atoms with Crippen molar-refractivity contribution < 1.29 is 44.1 Å². The number of hydroxylamine groups is 2. The summed E-state index contributed by atoms with van der Waals surface area (Å²) in [5.74, 6) is -13.3. The summed E-state index contributed by atoms with van der Waals surface area (Å²) in [4.78, 5) is 5.21. The van der Waals surface area contributed by atoms with Crippen molar-refractivity contribution in [2.24, 2.45) is 0 Å². The van der Waals surface area contributed by atoms with Gasteiger partial charge >= 0.3 is 10.1 Å². The fraction of sp³-hybridized carbons (Fsp3) is 0.263. The van der Waals surface area contributed by atoms with Crippen molar-refractivity contribution in [1.29, 1.82) is 0 Å². The van der Waals surface area contributed by atoms with Crippen LogP contribution >= 0.6 is 0 Å². The van der Waals surface area contributed by atoms with Crippen molar-refractivity contribution in [2.75, 3.05) is 20.3 Å². The summed E-state index contributed by atoms with van der Waals surface area (Å²) >= 11 is 0. The van der Waals surface area contributed by atoms with Gasteiger partial charge < -0.3 is 8.92 Å². The molecule has 1 fully saturated rings. The second kappa shape index (κ2) is 8.81. The Labute approximate surface area is 174 Å². The molecule has 12 heteroatoms. The molecule has 2 aromatic carbocycles. The minimum atomic E-state index is -4.91. The van der Waals surface area contributed by atoms with Crippen molar-refractivity contribution in [3.05, 3.63) is 71.6 Å². The van der Waals surface area contributed by atoms with E-state index in [2.05, 4.69) is 10.8 Å². The van der Waals surface area contributed by atoms with E-state index in [-0.39, 0.29) is 6.61 Å². The number of hydrogen-bond donors (Lipinski definition) is 0. The van der Waals surface area contributed by atoms with Crippen LogP contribution in [-0.4, -0.2) is 39.0 Å². The van der Waals surface area contributed by atoms with Crippen molar-refractivity contribution >= 4 is 10.1 Å². The van der Waals surface area contributed by atoms with Gasteiger partial charge in [0.25, 0.3) is 0 Å². The fourth-order valence-corrected chi connectivity index (χ4v) is 4.39. The lowest BCUT2D eigenvalue weighted by Gasteiger charge is -2.23. The predicted octanol–water partition coefficient (Wildman–Crippen LogP) is 3.64. The van der Waals surface area contributed by atoms with Gasteiger partial charge in [-0.05, 0) is 17.7 Å². The molecular formula is C19H16F5NO5S. The molecule has 2 atom stereocenters. The summed E-state index contributed by atoms with van der Waals surface area (Å²) in [5.41, 5.74) is 0.417. The first kappa shape index (κ1) is 23.0. The van der Waals surface area contributed by atoms with Crippen LogP contribution in [0.2, 0.25) is 0 Å². The normalized spacial score (nSPS) is 19.4. The maximum atomic E-state index is 13.9. The SMILES string of the molecule is C=CCOc1ccc([C@H]2[C@H](S(=O)(=O)Oc3c(F)c(F)c(F)c(F)c3F)CON2C)cc1. The Morgan fingerprint density at radius 2 is 1.61 bits per heavy atom. The Balaban J connectivity index is 1.93. The molecule has 0 N–H and O–H groups in total. The van der Waals surface area contributed by atoms with E-state index in [9.17, 15) is 30.4 Å². The maximum Gasteiger partial charge on any atom is 0.316 e. The molecule has 1 saturated heterocycles. The molecule has 0 saturated carbocycles. The van der Waals surface area contributed by atoms with Gasteiger partial charge in [0.15, 0.2) is 0 Å². The van der Waals surface area contributed by atoms with Crippen LogP contribution in [0.15, 0.2) is 36.9 Å². The van der Waals surface area contributed by atoms with Crippen LogP contribution in [0.1, 0.15) is 11.6 Å². The number of halogens is 5. The van der Waals surface area contributed by atoms with Gasteiger partial charge in [0, 0.05) is 7.05 Å². The highest BCUT2D eigenvalue weighted by Crippen LogP contribution is 2.37. The molecule has 31 heavy (non-hydrogen) atoms. The molecule has 0 bridgehead atoms. The van der Waals surface area contributed by atoms with E-state index >= 15 is 0 Å². The molecule has 3 rings (SSSR count). The average Bonchev–Trinajstić information content (AvgIpc) is 3.15. The summed E-state index contributed by atoms with van der Waals surface area (Å²) in [6.07, 6.45) is 1.53. The lowest BCUT2D eigenvalue weighted by Crippen LogP contribution is -2.34. The van der Waals surface area contributed by atoms with Gasteiger partial charge in [0.05, 0.1) is 12.6 Å². The quantitative estimate of drug-likeness (QED) is 0.205. The van der Waals surface area contributed by atoms with E-state index in [0.717, 1.165) is 0 Å². The van der Waals surface area contributed by atoms with Crippen molar-refractivity contribution in [3.8, 4) is 11.5 Å². The Morgan fingerprint density at radius 1 is 1.06 bits per heavy atom. The maximum absolute atomic E-state index is 13.9. The Bertz CT molecular complexity index is 1060. The highest BCUT2D eigenvalue weighted by Gasteiger charge is 2.46. The van der Waals surface area contributed by atoms with E-state index < -0.39 is 62.9 Å². The van der Waals surface area contributed by atoms with Crippen LogP contribution in [0.3, 0.4) is 0 Å². The molecule has 168 valence electrons. The third-order valence-electron chi connectivity index (χ3n) is 4.52. The predicted molar refractivity (Wildman–Crippen MR) is 98.2 cm³/mol. The molecule has 0 unspecified atom stereocenters. The van der Waals surface area contributed by atoms with Gasteiger partial charge in [-0.1, -0.05) is 24.8 Å². The molecule has 1 heterocycles. The second-order valence-electron chi connectivity index (χ2n) is 6.47. The van der Waals surface area contributed by atoms with E-state index in [4.69, 9.17) is 9.57 Å². The summed E-state index contributed by atoms with van der Waals surface area (Å²) < 4.78 is 103. The highest BCUT2D eigenvalue weighted by atomic mass is 32.2. The van der Waals surface area contributed by atoms with Crippen LogP contribution in [0.25, 0.3) is 0 Å². The number of benzene rings is 2. The molecule has 1 aliphatic heterocycles.